The van der Waals surface area contributed by atoms with Gasteiger partial charge in [0.15, 0.2) is 0 Å². The Morgan fingerprint density at radius 3 is 2.58 bits per heavy atom. The van der Waals surface area contributed by atoms with Crippen molar-refractivity contribution in [3.63, 3.8) is 0 Å². The molecule has 1 aliphatic heterocycles. The maximum Gasteiger partial charge on any atom is 0.255 e. The van der Waals surface area contributed by atoms with Gasteiger partial charge in [0.05, 0.1) is 11.9 Å². The number of aromatic nitrogens is 1. The van der Waals surface area contributed by atoms with Crippen LogP contribution in [0.3, 0.4) is 0 Å². The average molecular weight is 352 g/mol. The van der Waals surface area contributed by atoms with Crippen molar-refractivity contribution in [3.05, 3.63) is 53.7 Å². The number of hydrogen-bond donors (Lipinski definition) is 1. The van der Waals surface area contributed by atoms with E-state index in [-0.39, 0.29) is 5.91 Å². The van der Waals surface area contributed by atoms with Crippen LogP contribution in [0.15, 0.2) is 42.6 Å². The van der Waals surface area contributed by atoms with Gasteiger partial charge in [0, 0.05) is 25.2 Å². The molecule has 0 saturated carbocycles. The monoisotopic (exact) mass is 352 g/mol. The van der Waals surface area contributed by atoms with Crippen molar-refractivity contribution >= 4 is 17.4 Å². The normalized spacial score (nSPS) is 14.4. The van der Waals surface area contributed by atoms with Gasteiger partial charge < -0.3 is 10.2 Å². The molecule has 1 fully saturated rings. The van der Waals surface area contributed by atoms with E-state index in [1.54, 1.807) is 6.20 Å². The maximum absolute atomic E-state index is 12.6. The predicted molar refractivity (Wildman–Crippen MR) is 107 cm³/mol. The van der Waals surface area contributed by atoms with Crippen molar-refractivity contribution in [2.75, 3.05) is 36.4 Å². The number of rotatable bonds is 7. The molecule has 3 rings (SSSR count). The lowest BCUT2D eigenvalue weighted by molar-refractivity contribution is 0.102. The summed E-state index contributed by atoms with van der Waals surface area (Å²) >= 11 is 0. The second-order valence-corrected chi connectivity index (χ2v) is 6.72. The van der Waals surface area contributed by atoms with Crippen LogP contribution in [0.2, 0.25) is 0 Å². The number of pyridine rings is 1. The third kappa shape index (κ3) is 4.61. The molecule has 1 aromatic heterocycles. The Bertz CT molecular complexity index is 719. The Kier molecular flexibility index (Phi) is 6.23. The van der Waals surface area contributed by atoms with Gasteiger partial charge >= 0.3 is 0 Å². The van der Waals surface area contributed by atoms with Gasteiger partial charge in [-0.25, -0.2) is 4.98 Å². The molecule has 5 heteroatoms. The van der Waals surface area contributed by atoms with Gasteiger partial charge in [-0.3, -0.25) is 9.69 Å². The maximum atomic E-state index is 12.6. The van der Waals surface area contributed by atoms with Crippen LogP contribution in [-0.4, -0.2) is 42.0 Å². The number of anilines is 2. The highest BCUT2D eigenvalue weighted by Gasteiger charge is 2.13. The standard InChI is InChI=1S/C21H28N4O/c1-3-25(4-2)20-11-10-19(15-22-20)23-21(26)18-9-7-8-17(14-18)16-24-12-5-6-13-24/h7-11,14-15H,3-6,12-13,16H2,1-2H3,(H,23,26). The molecule has 138 valence electrons. The lowest BCUT2D eigenvalue weighted by Crippen LogP contribution is -2.23. The first kappa shape index (κ1) is 18.4. The highest BCUT2D eigenvalue weighted by atomic mass is 16.1. The summed E-state index contributed by atoms with van der Waals surface area (Å²) in [6.45, 7) is 9.27. The number of hydrogen-bond acceptors (Lipinski definition) is 4. The molecule has 2 heterocycles. The van der Waals surface area contributed by atoms with Gasteiger partial charge in [-0.2, -0.15) is 0 Å². The zero-order valence-electron chi connectivity index (χ0n) is 15.7. The van der Waals surface area contributed by atoms with Gasteiger partial charge in [0.25, 0.3) is 5.91 Å². The average Bonchev–Trinajstić information content (AvgIpc) is 3.17. The Balaban J connectivity index is 1.64. The molecule has 1 amide bonds. The number of benzene rings is 1. The second kappa shape index (κ2) is 8.81. The zero-order chi connectivity index (χ0) is 18.4. The summed E-state index contributed by atoms with van der Waals surface area (Å²) < 4.78 is 0. The SMILES string of the molecule is CCN(CC)c1ccc(NC(=O)c2cccc(CN3CCCC3)c2)cn1. The molecule has 1 N–H and O–H groups in total. The third-order valence-corrected chi connectivity index (χ3v) is 4.89. The predicted octanol–water partition coefficient (Wildman–Crippen LogP) is 3.78. The van der Waals surface area contributed by atoms with E-state index in [0.717, 1.165) is 44.2 Å². The number of amides is 1. The van der Waals surface area contributed by atoms with E-state index in [1.165, 1.54) is 18.4 Å². The van der Waals surface area contributed by atoms with Crippen LogP contribution in [0.5, 0.6) is 0 Å². The number of carbonyl (C=O) groups is 1. The zero-order valence-corrected chi connectivity index (χ0v) is 15.7. The lowest BCUT2D eigenvalue weighted by Gasteiger charge is -2.19. The molecular formula is C21H28N4O. The van der Waals surface area contributed by atoms with Crippen LogP contribution in [0, 0.1) is 0 Å². The first-order valence-electron chi connectivity index (χ1n) is 9.53. The number of nitrogens with zero attached hydrogens (tertiary/aromatic N) is 3. The van der Waals surface area contributed by atoms with Gasteiger partial charge in [0.2, 0.25) is 0 Å². The minimum Gasteiger partial charge on any atom is -0.357 e. The molecule has 1 aromatic carbocycles. The molecule has 0 aliphatic carbocycles. The van der Waals surface area contributed by atoms with Crippen LogP contribution in [0.1, 0.15) is 42.6 Å². The van der Waals surface area contributed by atoms with Crippen LogP contribution in [0.25, 0.3) is 0 Å². The smallest absolute Gasteiger partial charge is 0.255 e. The van der Waals surface area contributed by atoms with E-state index in [0.29, 0.717) is 5.56 Å². The molecule has 0 atom stereocenters. The highest BCUT2D eigenvalue weighted by Crippen LogP contribution is 2.17. The van der Waals surface area contributed by atoms with Gasteiger partial charge in [-0.15, -0.1) is 0 Å². The fraction of sp³-hybridized carbons (Fsp3) is 0.429. The van der Waals surface area contributed by atoms with E-state index in [9.17, 15) is 4.79 Å². The number of carbonyl (C=O) groups excluding carboxylic acids is 1. The molecule has 0 spiro atoms. The van der Waals surface area contributed by atoms with Gasteiger partial charge in [0.1, 0.15) is 5.82 Å². The second-order valence-electron chi connectivity index (χ2n) is 6.72. The van der Waals surface area contributed by atoms with Gasteiger partial charge in [-0.05, 0) is 69.6 Å². The Hall–Kier alpha value is -2.40. The molecule has 26 heavy (non-hydrogen) atoms. The van der Waals surface area contributed by atoms with E-state index in [1.807, 2.05) is 30.3 Å². The fourth-order valence-corrected chi connectivity index (χ4v) is 3.41. The molecular weight excluding hydrogens is 324 g/mol. The van der Waals surface area contributed by atoms with Crippen molar-refractivity contribution in [1.29, 1.82) is 0 Å². The van der Waals surface area contributed by atoms with Crippen LogP contribution < -0.4 is 10.2 Å². The molecule has 0 unspecified atom stereocenters. The van der Waals surface area contributed by atoms with E-state index in [2.05, 4.69) is 40.0 Å². The summed E-state index contributed by atoms with van der Waals surface area (Å²) in [6.07, 6.45) is 4.27. The quantitative estimate of drug-likeness (QED) is 0.824. The molecule has 1 aliphatic rings. The molecule has 0 bridgehead atoms. The van der Waals surface area contributed by atoms with Crippen molar-refractivity contribution < 1.29 is 4.79 Å². The van der Waals surface area contributed by atoms with Gasteiger partial charge in [-0.1, -0.05) is 12.1 Å². The highest BCUT2D eigenvalue weighted by molar-refractivity contribution is 6.04. The van der Waals surface area contributed by atoms with E-state index < -0.39 is 0 Å². The molecule has 1 saturated heterocycles. The summed E-state index contributed by atoms with van der Waals surface area (Å²) in [6, 6.07) is 11.8. The van der Waals surface area contributed by atoms with Crippen molar-refractivity contribution in [3.8, 4) is 0 Å². The largest absolute Gasteiger partial charge is 0.357 e. The van der Waals surface area contributed by atoms with Crippen LogP contribution >= 0.6 is 0 Å². The summed E-state index contributed by atoms with van der Waals surface area (Å²) in [4.78, 5) is 21.6. The Labute approximate surface area is 156 Å². The minimum absolute atomic E-state index is 0.0920. The van der Waals surface area contributed by atoms with Crippen LogP contribution in [0.4, 0.5) is 11.5 Å². The first-order chi connectivity index (χ1) is 12.7. The number of nitrogens with one attached hydrogen (secondary N) is 1. The van der Waals surface area contributed by atoms with Crippen LogP contribution in [-0.2, 0) is 6.54 Å². The Morgan fingerprint density at radius 2 is 1.92 bits per heavy atom. The fourth-order valence-electron chi connectivity index (χ4n) is 3.41. The summed E-state index contributed by atoms with van der Waals surface area (Å²) in [5.41, 5.74) is 2.60. The minimum atomic E-state index is -0.0920. The molecule has 5 nitrogen and oxygen atoms in total. The molecule has 0 radical (unpaired) electrons. The third-order valence-electron chi connectivity index (χ3n) is 4.89. The van der Waals surface area contributed by atoms with E-state index >= 15 is 0 Å². The first-order valence-corrected chi connectivity index (χ1v) is 9.53. The number of likely N-dealkylation sites (tertiary alicyclic amines) is 1. The van der Waals surface area contributed by atoms with Crippen molar-refractivity contribution in [2.45, 2.75) is 33.2 Å². The topological polar surface area (TPSA) is 48.5 Å². The van der Waals surface area contributed by atoms with Crippen molar-refractivity contribution in [2.24, 2.45) is 0 Å². The lowest BCUT2D eigenvalue weighted by atomic mass is 10.1. The Morgan fingerprint density at radius 1 is 1.15 bits per heavy atom. The summed E-state index contributed by atoms with van der Waals surface area (Å²) in [5, 5.41) is 2.95. The molecule has 2 aromatic rings. The van der Waals surface area contributed by atoms with E-state index in [4.69, 9.17) is 0 Å². The summed E-state index contributed by atoms with van der Waals surface area (Å²) in [7, 11) is 0. The van der Waals surface area contributed by atoms with Crippen molar-refractivity contribution in [1.82, 2.24) is 9.88 Å². The summed E-state index contributed by atoms with van der Waals surface area (Å²) in [5.74, 6) is 0.839.